The predicted octanol–water partition coefficient (Wildman–Crippen LogP) is 2.33. The first-order chi connectivity index (χ1) is 8.99. The summed E-state index contributed by atoms with van der Waals surface area (Å²) in [5, 5.41) is 13.8. The first-order valence-electron chi connectivity index (χ1n) is 5.58. The zero-order chi connectivity index (χ0) is 14.0. The van der Waals surface area contributed by atoms with Crippen LogP contribution in [0.3, 0.4) is 0 Å². The summed E-state index contributed by atoms with van der Waals surface area (Å²) in [6.45, 7) is 3.95. The van der Waals surface area contributed by atoms with Crippen LogP contribution in [0, 0.1) is 24.0 Å². The highest BCUT2D eigenvalue weighted by molar-refractivity contribution is 5.72. The molecule has 0 aliphatic heterocycles. The van der Waals surface area contributed by atoms with Crippen LogP contribution in [0.25, 0.3) is 0 Å². The van der Waals surface area contributed by atoms with Crippen LogP contribution in [-0.2, 0) is 0 Å². The van der Waals surface area contributed by atoms with Gasteiger partial charge in [-0.1, -0.05) is 6.07 Å². The molecule has 0 radical (unpaired) electrons. The maximum Gasteiger partial charge on any atom is 0.353 e. The minimum atomic E-state index is -0.598. The van der Waals surface area contributed by atoms with Gasteiger partial charge in [0.05, 0.1) is 4.92 Å². The van der Waals surface area contributed by atoms with Crippen molar-refractivity contribution in [1.29, 1.82) is 0 Å². The summed E-state index contributed by atoms with van der Waals surface area (Å²) < 4.78 is 0. The summed E-state index contributed by atoms with van der Waals surface area (Å²) in [7, 11) is 0. The van der Waals surface area contributed by atoms with E-state index in [0.29, 0.717) is 5.69 Å². The molecule has 2 rings (SSSR count). The molecule has 3 N–H and O–H groups in total. The van der Waals surface area contributed by atoms with Gasteiger partial charge in [0.25, 0.3) is 0 Å². The van der Waals surface area contributed by atoms with Gasteiger partial charge in [-0.25, -0.2) is 9.97 Å². The normalized spacial score (nSPS) is 10.2. The third-order valence-corrected chi connectivity index (χ3v) is 2.80. The molecule has 0 aliphatic rings. The lowest BCUT2D eigenvalue weighted by molar-refractivity contribution is -0.383. The molecule has 0 bridgehead atoms. The van der Waals surface area contributed by atoms with Crippen LogP contribution < -0.4 is 11.1 Å². The average Bonchev–Trinajstić information content (AvgIpc) is 2.33. The summed E-state index contributed by atoms with van der Waals surface area (Å²) in [4.78, 5) is 17.8. The number of nitrogens with zero attached hydrogens (tertiary/aromatic N) is 3. The van der Waals surface area contributed by atoms with Crippen molar-refractivity contribution in [1.82, 2.24) is 9.97 Å². The number of anilines is 3. The topological polar surface area (TPSA) is 107 Å². The van der Waals surface area contributed by atoms with Crippen molar-refractivity contribution in [2.45, 2.75) is 13.8 Å². The Bertz CT molecular complexity index is 642. The first kappa shape index (κ1) is 12.7. The SMILES string of the molecule is Cc1ccc(Nc2ncnc(N)c2[N+](=O)[O-])cc1C. The molecule has 0 atom stereocenters. The minimum Gasteiger partial charge on any atom is -0.378 e. The molecule has 0 unspecified atom stereocenters. The van der Waals surface area contributed by atoms with Crippen LogP contribution in [0.1, 0.15) is 11.1 Å². The minimum absolute atomic E-state index is 0.0840. The number of nitrogens with two attached hydrogens (primary N) is 1. The van der Waals surface area contributed by atoms with Gasteiger partial charge in [0.15, 0.2) is 0 Å². The zero-order valence-electron chi connectivity index (χ0n) is 10.5. The largest absolute Gasteiger partial charge is 0.378 e. The second-order valence-corrected chi connectivity index (χ2v) is 4.14. The molecule has 0 amide bonds. The van der Waals surface area contributed by atoms with Gasteiger partial charge in [0, 0.05) is 5.69 Å². The van der Waals surface area contributed by atoms with Crippen LogP contribution in [0.5, 0.6) is 0 Å². The van der Waals surface area contributed by atoms with Crippen molar-refractivity contribution in [3.05, 3.63) is 45.8 Å². The lowest BCUT2D eigenvalue weighted by Gasteiger charge is -2.08. The molecule has 0 fully saturated rings. The van der Waals surface area contributed by atoms with E-state index in [4.69, 9.17) is 5.73 Å². The van der Waals surface area contributed by atoms with E-state index in [9.17, 15) is 10.1 Å². The number of nitrogen functional groups attached to an aromatic ring is 1. The van der Waals surface area contributed by atoms with Crippen molar-refractivity contribution >= 4 is 23.0 Å². The Morgan fingerprint density at radius 1 is 1.26 bits per heavy atom. The molecular formula is C12H13N5O2. The second-order valence-electron chi connectivity index (χ2n) is 4.14. The van der Waals surface area contributed by atoms with Gasteiger partial charge in [-0.05, 0) is 37.1 Å². The van der Waals surface area contributed by atoms with Crippen LogP contribution in [0.15, 0.2) is 24.5 Å². The fourth-order valence-corrected chi connectivity index (χ4v) is 1.62. The standard InChI is InChI=1S/C12H13N5O2/c1-7-3-4-9(5-8(7)2)16-12-10(17(18)19)11(13)14-6-15-12/h3-6H,1-2H3,(H3,13,14,15,16). The third kappa shape index (κ3) is 2.59. The Balaban J connectivity index is 2.40. The average molecular weight is 259 g/mol. The summed E-state index contributed by atoms with van der Waals surface area (Å²) in [5.41, 5.74) is 8.11. The van der Waals surface area contributed by atoms with Gasteiger partial charge in [0.2, 0.25) is 11.6 Å². The van der Waals surface area contributed by atoms with Crippen molar-refractivity contribution in [3.63, 3.8) is 0 Å². The number of rotatable bonds is 3. The lowest BCUT2D eigenvalue weighted by Crippen LogP contribution is -2.05. The molecule has 2 aromatic rings. The summed E-state index contributed by atoms with van der Waals surface area (Å²) in [6, 6.07) is 5.63. The van der Waals surface area contributed by atoms with Crippen molar-refractivity contribution < 1.29 is 4.92 Å². The number of nitro groups is 1. The zero-order valence-corrected chi connectivity index (χ0v) is 10.5. The van der Waals surface area contributed by atoms with Gasteiger partial charge >= 0.3 is 5.69 Å². The van der Waals surface area contributed by atoms with E-state index in [1.807, 2.05) is 32.0 Å². The van der Waals surface area contributed by atoms with Crippen molar-refractivity contribution in [2.75, 3.05) is 11.1 Å². The second kappa shape index (κ2) is 4.89. The molecule has 0 aliphatic carbocycles. The number of nitrogens with one attached hydrogen (secondary N) is 1. The van der Waals surface area contributed by atoms with E-state index in [1.54, 1.807) is 0 Å². The third-order valence-electron chi connectivity index (χ3n) is 2.80. The van der Waals surface area contributed by atoms with Crippen LogP contribution >= 0.6 is 0 Å². The highest BCUT2D eigenvalue weighted by Gasteiger charge is 2.20. The first-order valence-corrected chi connectivity index (χ1v) is 5.58. The van der Waals surface area contributed by atoms with Gasteiger partial charge in [-0.3, -0.25) is 10.1 Å². The van der Waals surface area contributed by atoms with E-state index >= 15 is 0 Å². The van der Waals surface area contributed by atoms with E-state index in [-0.39, 0.29) is 17.3 Å². The van der Waals surface area contributed by atoms with Crippen molar-refractivity contribution in [2.24, 2.45) is 0 Å². The van der Waals surface area contributed by atoms with Gasteiger partial charge in [-0.15, -0.1) is 0 Å². The molecule has 1 aromatic heterocycles. The quantitative estimate of drug-likeness (QED) is 0.647. The van der Waals surface area contributed by atoms with E-state index in [2.05, 4.69) is 15.3 Å². The summed E-state index contributed by atoms with van der Waals surface area (Å²) in [6.07, 6.45) is 1.19. The Kier molecular flexibility index (Phi) is 3.28. The molecule has 19 heavy (non-hydrogen) atoms. The fourth-order valence-electron chi connectivity index (χ4n) is 1.62. The summed E-state index contributed by atoms with van der Waals surface area (Å²) in [5.74, 6) is -0.0768. The molecule has 0 saturated carbocycles. The van der Waals surface area contributed by atoms with Crippen LogP contribution in [-0.4, -0.2) is 14.9 Å². The number of aryl methyl sites for hydroxylation is 2. The van der Waals surface area contributed by atoms with Crippen LogP contribution in [0.2, 0.25) is 0 Å². The highest BCUT2D eigenvalue weighted by atomic mass is 16.6. The molecule has 0 saturated heterocycles. The number of hydrogen-bond donors (Lipinski definition) is 2. The Labute approximate surface area is 109 Å². The monoisotopic (exact) mass is 259 g/mol. The Morgan fingerprint density at radius 3 is 2.63 bits per heavy atom. The molecule has 98 valence electrons. The van der Waals surface area contributed by atoms with Crippen LogP contribution in [0.4, 0.5) is 23.0 Å². The maximum atomic E-state index is 11.0. The van der Waals surface area contributed by atoms with Crippen molar-refractivity contribution in [3.8, 4) is 0 Å². The Hall–Kier alpha value is -2.70. The number of benzene rings is 1. The molecular weight excluding hydrogens is 246 g/mol. The summed E-state index contributed by atoms with van der Waals surface area (Å²) >= 11 is 0. The van der Waals surface area contributed by atoms with Gasteiger partial charge in [0.1, 0.15) is 6.33 Å². The maximum absolute atomic E-state index is 11.0. The Morgan fingerprint density at radius 2 is 2.00 bits per heavy atom. The molecule has 0 spiro atoms. The van der Waals surface area contributed by atoms with Gasteiger partial charge < -0.3 is 11.1 Å². The molecule has 7 nitrogen and oxygen atoms in total. The smallest absolute Gasteiger partial charge is 0.353 e. The molecule has 1 heterocycles. The predicted molar refractivity (Wildman–Crippen MR) is 72.3 cm³/mol. The molecule has 7 heteroatoms. The van der Waals surface area contributed by atoms with E-state index in [0.717, 1.165) is 11.1 Å². The van der Waals surface area contributed by atoms with E-state index < -0.39 is 4.92 Å². The lowest BCUT2D eigenvalue weighted by atomic mass is 10.1. The number of aromatic nitrogens is 2. The molecule has 1 aromatic carbocycles. The fraction of sp³-hybridized carbons (Fsp3) is 0.167. The van der Waals surface area contributed by atoms with Gasteiger partial charge in [-0.2, -0.15) is 0 Å². The highest BCUT2D eigenvalue weighted by Crippen LogP contribution is 2.29. The number of hydrogen-bond acceptors (Lipinski definition) is 6. The van der Waals surface area contributed by atoms with E-state index in [1.165, 1.54) is 6.33 Å².